The van der Waals surface area contributed by atoms with E-state index in [1.165, 1.54) is 0 Å². The van der Waals surface area contributed by atoms with Gasteiger partial charge in [0, 0.05) is 41.6 Å². The zero-order chi connectivity index (χ0) is 21.5. The maximum absolute atomic E-state index is 12.4. The smallest absolute Gasteiger partial charge is 0.253 e. The SMILES string of the molecule is CC(C)C(=O)Nc1ccc(NC(=O)CNc2ccc(C(=O)N3CCCC3)cc2)cc1. The number of anilines is 3. The minimum Gasteiger partial charge on any atom is -0.376 e. The summed E-state index contributed by atoms with van der Waals surface area (Å²) in [5, 5.41) is 8.67. The van der Waals surface area contributed by atoms with E-state index < -0.39 is 0 Å². The van der Waals surface area contributed by atoms with E-state index in [4.69, 9.17) is 0 Å². The van der Waals surface area contributed by atoms with Crippen LogP contribution in [-0.4, -0.2) is 42.3 Å². The van der Waals surface area contributed by atoms with Crippen LogP contribution in [0.5, 0.6) is 0 Å². The molecule has 0 unspecified atom stereocenters. The van der Waals surface area contributed by atoms with E-state index in [1.54, 1.807) is 36.4 Å². The number of benzene rings is 2. The van der Waals surface area contributed by atoms with Gasteiger partial charge in [0.2, 0.25) is 11.8 Å². The van der Waals surface area contributed by atoms with Crippen LogP contribution >= 0.6 is 0 Å². The molecule has 1 aliphatic rings. The van der Waals surface area contributed by atoms with Gasteiger partial charge in [-0.05, 0) is 61.4 Å². The molecule has 1 fully saturated rings. The molecular formula is C23H28N4O3. The molecule has 30 heavy (non-hydrogen) atoms. The Bertz CT molecular complexity index is 886. The molecule has 0 radical (unpaired) electrons. The number of carbonyl (C=O) groups excluding carboxylic acids is 3. The van der Waals surface area contributed by atoms with Gasteiger partial charge in [0.1, 0.15) is 0 Å². The van der Waals surface area contributed by atoms with Crippen LogP contribution in [0.3, 0.4) is 0 Å². The normalized spacial score (nSPS) is 13.2. The molecule has 0 saturated carbocycles. The van der Waals surface area contributed by atoms with Crippen LogP contribution in [0, 0.1) is 5.92 Å². The first-order valence-corrected chi connectivity index (χ1v) is 10.3. The van der Waals surface area contributed by atoms with Crippen LogP contribution < -0.4 is 16.0 Å². The molecular weight excluding hydrogens is 380 g/mol. The Morgan fingerprint density at radius 1 is 0.833 bits per heavy atom. The monoisotopic (exact) mass is 408 g/mol. The third kappa shape index (κ3) is 5.83. The van der Waals surface area contributed by atoms with Crippen molar-refractivity contribution in [1.82, 2.24) is 4.90 Å². The van der Waals surface area contributed by atoms with Gasteiger partial charge in [-0.1, -0.05) is 13.8 Å². The summed E-state index contributed by atoms with van der Waals surface area (Å²) in [7, 11) is 0. The molecule has 2 aromatic carbocycles. The quantitative estimate of drug-likeness (QED) is 0.653. The summed E-state index contributed by atoms with van der Waals surface area (Å²) >= 11 is 0. The zero-order valence-corrected chi connectivity index (χ0v) is 17.4. The third-order valence-corrected chi connectivity index (χ3v) is 4.94. The maximum Gasteiger partial charge on any atom is 0.253 e. The molecule has 3 rings (SSSR count). The Kier molecular flexibility index (Phi) is 7.06. The first-order valence-electron chi connectivity index (χ1n) is 10.3. The van der Waals surface area contributed by atoms with Crippen LogP contribution in [-0.2, 0) is 9.59 Å². The predicted molar refractivity (Wildman–Crippen MR) is 119 cm³/mol. The van der Waals surface area contributed by atoms with E-state index >= 15 is 0 Å². The minimum absolute atomic E-state index is 0.0517. The summed E-state index contributed by atoms with van der Waals surface area (Å²) in [4.78, 5) is 38.1. The number of hydrogen-bond donors (Lipinski definition) is 3. The number of nitrogens with zero attached hydrogens (tertiary/aromatic N) is 1. The number of hydrogen-bond acceptors (Lipinski definition) is 4. The van der Waals surface area contributed by atoms with E-state index in [9.17, 15) is 14.4 Å². The Morgan fingerprint density at radius 3 is 1.93 bits per heavy atom. The summed E-state index contributed by atoms with van der Waals surface area (Å²) < 4.78 is 0. The number of likely N-dealkylation sites (tertiary alicyclic amines) is 1. The molecule has 7 heteroatoms. The Balaban J connectivity index is 1.46. The lowest BCUT2D eigenvalue weighted by atomic mass is 10.2. The van der Waals surface area contributed by atoms with Crippen molar-refractivity contribution in [3.63, 3.8) is 0 Å². The van der Waals surface area contributed by atoms with Crippen molar-refractivity contribution in [2.75, 3.05) is 35.6 Å². The largest absolute Gasteiger partial charge is 0.376 e. The summed E-state index contributed by atoms with van der Waals surface area (Å²) in [5.74, 6) is -0.275. The van der Waals surface area contributed by atoms with E-state index in [0.29, 0.717) is 16.9 Å². The van der Waals surface area contributed by atoms with Crippen LogP contribution in [0.2, 0.25) is 0 Å². The van der Waals surface area contributed by atoms with Crippen molar-refractivity contribution >= 4 is 34.8 Å². The predicted octanol–water partition coefficient (Wildman–Crippen LogP) is 3.57. The molecule has 0 atom stereocenters. The van der Waals surface area contributed by atoms with E-state index in [-0.39, 0.29) is 30.2 Å². The summed E-state index contributed by atoms with van der Waals surface area (Å²) in [6.07, 6.45) is 2.13. The Hall–Kier alpha value is -3.35. The molecule has 0 spiro atoms. The molecule has 0 aromatic heterocycles. The number of amides is 3. The fourth-order valence-corrected chi connectivity index (χ4v) is 3.14. The molecule has 1 heterocycles. The van der Waals surface area contributed by atoms with Crippen molar-refractivity contribution in [2.45, 2.75) is 26.7 Å². The second-order valence-electron chi connectivity index (χ2n) is 7.70. The molecule has 1 saturated heterocycles. The second-order valence-corrected chi connectivity index (χ2v) is 7.70. The van der Waals surface area contributed by atoms with Crippen molar-refractivity contribution in [3.8, 4) is 0 Å². The fourth-order valence-electron chi connectivity index (χ4n) is 3.14. The summed E-state index contributed by atoms with van der Waals surface area (Å²) in [5.41, 5.74) is 2.77. The molecule has 1 aliphatic heterocycles. The van der Waals surface area contributed by atoms with Gasteiger partial charge in [-0.25, -0.2) is 0 Å². The molecule has 3 N–H and O–H groups in total. The first kappa shape index (κ1) is 21.4. The average Bonchev–Trinajstić information content (AvgIpc) is 3.28. The van der Waals surface area contributed by atoms with Crippen LogP contribution in [0.25, 0.3) is 0 Å². The van der Waals surface area contributed by atoms with E-state index in [1.807, 2.05) is 30.9 Å². The fraction of sp³-hybridized carbons (Fsp3) is 0.348. The van der Waals surface area contributed by atoms with Gasteiger partial charge >= 0.3 is 0 Å². The highest BCUT2D eigenvalue weighted by molar-refractivity contribution is 5.96. The van der Waals surface area contributed by atoms with Gasteiger partial charge in [-0.3, -0.25) is 14.4 Å². The third-order valence-electron chi connectivity index (χ3n) is 4.94. The van der Waals surface area contributed by atoms with Gasteiger partial charge < -0.3 is 20.9 Å². The van der Waals surface area contributed by atoms with E-state index in [0.717, 1.165) is 31.6 Å². The highest BCUT2D eigenvalue weighted by atomic mass is 16.2. The minimum atomic E-state index is -0.189. The van der Waals surface area contributed by atoms with Crippen molar-refractivity contribution in [1.29, 1.82) is 0 Å². The Morgan fingerprint density at radius 2 is 1.37 bits per heavy atom. The molecule has 2 aromatic rings. The van der Waals surface area contributed by atoms with Gasteiger partial charge in [0.05, 0.1) is 6.54 Å². The lowest BCUT2D eigenvalue weighted by Crippen LogP contribution is -2.27. The molecule has 7 nitrogen and oxygen atoms in total. The van der Waals surface area contributed by atoms with Crippen LogP contribution in [0.15, 0.2) is 48.5 Å². The molecule has 0 aliphatic carbocycles. The van der Waals surface area contributed by atoms with Crippen molar-refractivity contribution < 1.29 is 14.4 Å². The highest BCUT2D eigenvalue weighted by Gasteiger charge is 2.19. The van der Waals surface area contributed by atoms with E-state index in [2.05, 4.69) is 16.0 Å². The maximum atomic E-state index is 12.4. The number of rotatable bonds is 7. The van der Waals surface area contributed by atoms with Gasteiger partial charge in [-0.2, -0.15) is 0 Å². The highest BCUT2D eigenvalue weighted by Crippen LogP contribution is 2.16. The number of carbonyl (C=O) groups is 3. The molecule has 0 bridgehead atoms. The van der Waals surface area contributed by atoms with Gasteiger partial charge in [0.25, 0.3) is 5.91 Å². The average molecular weight is 409 g/mol. The van der Waals surface area contributed by atoms with Crippen molar-refractivity contribution in [2.24, 2.45) is 5.92 Å². The Labute approximate surface area is 176 Å². The van der Waals surface area contributed by atoms with Gasteiger partial charge in [-0.15, -0.1) is 0 Å². The zero-order valence-electron chi connectivity index (χ0n) is 17.4. The second kappa shape index (κ2) is 9.91. The lowest BCUT2D eigenvalue weighted by molar-refractivity contribution is -0.119. The first-order chi connectivity index (χ1) is 14.4. The molecule has 3 amide bonds. The topological polar surface area (TPSA) is 90.5 Å². The van der Waals surface area contributed by atoms with Crippen LogP contribution in [0.4, 0.5) is 17.1 Å². The lowest BCUT2D eigenvalue weighted by Gasteiger charge is -2.15. The number of nitrogens with one attached hydrogen (secondary N) is 3. The summed E-state index contributed by atoms with van der Waals surface area (Å²) in [6, 6.07) is 14.2. The standard InChI is InChI=1S/C23H28N4O3/c1-16(2)22(29)26-20-11-9-19(10-12-20)25-21(28)15-24-18-7-5-17(6-8-18)23(30)27-13-3-4-14-27/h5-12,16,24H,3-4,13-15H2,1-2H3,(H,25,28)(H,26,29). The van der Waals surface area contributed by atoms with Gasteiger partial charge in [0.15, 0.2) is 0 Å². The van der Waals surface area contributed by atoms with Crippen molar-refractivity contribution in [3.05, 3.63) is 54.1 Å². The molecule has 158 valence electrons. The van der Waals surface area contributed by atoms with Crippen LogP contribution in [0.1, 0.15) is 37.0 Å². The summed E-state index contributed by atoms with van der Waals surface area (Å²) in [6.45, 7) is 5.41.